The Balaban J connectivity index is 0.00000204. The molecule has 0 bridgehead atoms. The van der Waals surface area contributed by atoms with E-state index in [1.54, 1.807) is 11.3 Å². The zero-order valence-electron chi connectivity index (χ0n) is 17.4. The molecule has 1 fully saturated rings. The highest BCUT2D eigenvalue weighted by molar-refractivity contribution is 7.09. The van der Waals surface area contributed by atoms with Crippen LogP contribution in [0.1, 0.15) is 35.1 Å². The number of aryl methyl sites for hydroxylation is 1. The standard InChI is InChI=1S/C23H24N6S.ClH/c1-15-20(16-5-3-2-4-6-16)29-17(7-10-26-29)22(27-15)28-11-8-23(9-12-28)13-18-19(21(23)24)25-14-30-18;/h2-7,10,14,21H,8-9,11-13,24H2,1H3;1H/t21-;/m1./s1. The van der Waals surface area contributed by atoms with E-state index in [4.69, 9.17) is 10.7 Å². The van der Waals surface area contributed by atoms with Crippen LogP contribution in [0.5, 0.6) is 0 Å². The molecule has 8 heteroatoms. The van der Waals surface area contributed by atoms with Gasteiger partial charge in [0.1, 0.15) is 5.52 Å². The van der Waals surface area contributed by atoms with Crippen molar-refractivity contribution < 1.29 is 0 Å². The van der Waals surface area contributed by atoms with Gasteiger partial charge in [0.2, 0.25) is 0 Å². The second-order valence-corrected chi connectivity index (χ2v) is 9.47. The summed E-state index contributed by atoms with van der Waals surface area (Å²) in [4.78, 5) is 13.4. The first-order valence-electron chi connectivity index (χ1n) is 10.5. The second kappa shape index (κ2) is 7.58. The minimum Gasteiger partial charge on any atom is -0.355 e. The molecule has 0 radical (unpaired) electrons. The van der Waals surface area contributed by atoms with Crippen LogP contribution in [-0.4, -0.2) is 32.7 Å². The smallest absolute Gasteiger partial charge is 0.155 e. The lowest BCUT2D eigenvalue weighted by molar-refractivity contribution is 0.186. The zero-order chi connectivity index (χ0) is 20.3. The maximum atomic E-state index is 6.66. The van der Waals surface area contributed by atoms with Crippen LogP contribution in [0.25, 0.3) is 16.8 Å². The highest BCUT2D eigenvalue weighted by Crippen LogP contribution is 2.51. The van der Waals surface area contributed by atoms with E-state index in [2.05, 4.69) is 52.2 Å². The first kappa shape index (κ1) is 20.4. The summed E-state index contributed by atoms with van der Waals surface area (Å²) in [5.41, 5.74) is 14.1. The van der Waals surface area contributed by atoms with Crippen LogP contribution in [-0.2, 0) is 6.42 Å². The monoisotopic (exact) mass is 452 g/mol. The van der Waals surface area contributed by atoms with Crippen molar-refractivity contribution in [2.45, 2.75) is 32.2 Å². The summed E-state index contributed by atoms with van der Waals surface area (Å²) in [6.45, 7) is 4.00. The fraction of sp³-hybridized carbons (Fsp3) is 0.348. The molecule has 2 N–H and O–H groups in total. The average molecular weight is 453 g/mol. The Kier molecular flexibility index (Phi) is 5.00. The number of rotatable bonds is 2. The van der Waals surface area contributed by atoms with Crippen LogP contribution in [0.15, 0.2) is 48.1 Å². The van der Waals surface area contributed by atoms with Gasteiger partial charge < -0.3 is 10.6 Å². The molecule has 6 nitrogen and oxygen atoms in total. The number of piperidine rings is 1. The molecular weight excluding hydrogens is 428 g/mol. The van der Waals surface area contributed by atoms with E-state index in [9.17, 15) is 0 Å². The molecule has 0 unspecified atom stereocenters. The SMILES string of the molecule is Cc1nc(N2CCC3(CC2)Cc2scnc2[C@H]3N)c2ccnn2c1-c1ccccc1.Cl. The molecule has 6 rings (SSSR count). The van der Waals surface area contributed by atoms with Crippen molar-refractivity contribution in [1.29, 1.82) is 0 Å². The lowest BCUT2D eigenvalue weighted by Gasteiger charge is -2.42. The highest BCUT2D eigenvalue weighted by atomic mass is 35.5. The van der Waals surface area contributed by atoms with Gasteiger partial charge in [0.15, 0.2) is 5.82 Å². The number of hydrogen-bond donors (Lipinski definition) is 1. The van der Waals surface area contributed by atoms with Gasteiger partial charge in [-0.25, -0.2) is 14.5 Å². The summed E-state index contributed by atoms with van der Waals surface area (Å²) in [6.07, 6.45) is 5.08. The largest absolute Gasteiger partial charge is 0.355 e. The minimum atomic E-state index is 0. The maximum Gasteiger partial charge on any atom is 0.155 e. The Morgan fingerprint density at radius 1 is 1.13 bits per heavy atom. The average Bonchev–Trinajstić information content (AvgIpc) is 3.48. The Hall–Kier alpha value is -2.48. The number of halogens is 1. The van der Waals surface area contributed by atoms with Gasteiger partial charge in [0.25, 0.3) is 0 Å². The van der Waals surface area contributed by atoms with Crippen molar-refractivity contribution in [3.8, 4) is 11.3 Å². The van der Waals surface area contributed by atoms with Crippen molar-refractivity contribution in [1.82, 2.24) is 19.6 Å². The molecule has 1 aliphatic carbocycles. The summed E-state index contributed by atoms with van der Waals surface area (Å²) < 4.78 is 2.04. The lowest BCUT2D eigenvalue weighted by Crippen LogP contribution is -2.45. The van der Waals surface area contributed by atoms with Crippen molar-refractivity contribution >= 4 is 35.1 Å². The second-order valence-electron chi connectivity index (χ2n) is 8.53. The molecule has 160 valence electrons. The van der Waals surface area contributed by atoms with Gasteiger partial charge in [-0.2, -0.15) is 5.10 Å². The molecule has 1 aromatic carbocycles. The molecule has 4 aromatic rings. The third kappa shape index (κ3) is 3.06. The molecule has 1 aliphatic heterocycles. The number of nitrogens with two attached hydrogens (primary N) is 1. The predicted molar refractivity (Wildman–Crippen MR) is 127 cm³/mol. The molecule has 0 saturated carbocycles. The molecule has 1 spiro atoms. The Morgan fingerprint density at radius 3 is 2.65 bits per heavy atom. The molecule has 2 aliphatic rings. The summed E-state index contributed by atoms with van der Waals surface area (Å²) >= 11 is 1.76. The van der Waals surface area contributed by atoms with E-state index in [-0.39, 0.29) is 23.9 Å². The number of benzene rings is 1. The van der Waals surface area contributed by atoms with E-state index in [1.165, 1.54) is 4.88 Å². The Morgan fingerprint density at radius 2 is 1.90 bits per heavy atom. The summed E-state index contributed by atoms with van der Waals surface area (Å²) in [5, 5.41) is 4.64. The van der Waals surface area contributed by atoms with Gasteiger partial charge in [-0.1, -0.05) is 30.3 Å². The van der Waals surface area contributed by atoms with E-state index >= 15 is 0 Å². The molecular formula is C23H25ClN6S. The number of fused-ring (bicyclic) bond motifs is 2. The third-order valence-corrected chi connectivity index (χ3v) is 7.79. The van der Waals surface area contributed by atoms with Crippen molar-refractivity contribution in [3.63, 3.8) is 0 Å². The maximum absolute atomic E-state index is 6.66. The highest BCUT2D eigenvalue weighted by Gasteiger charge is 2.47. The van der Waals surface area contributed by atoms with Crippen molar-refractivity contribution in [2.24, 2.45) is 11.1 Å². The summed E-state index contributed by atoms with van der Waals surface area (Å²) in [7, 11) is 0. The first-order chi connectivity index (χ1) is 14.7. The predicted octanol–water partition coefficient (Wildman–Crippen LogP) is 4.43. The first-order valence-corrected chi connectivity index (χ1v) is 11.4. The normalized spacial score (nSPS) is 19.5. The topological polar surface area (TPSA) is 72.3 Å². The fourth-order valence-electron chi connectivity index (χ4n) is 5.27. The number of nitrogens with zero attached hydrogens (tertiary/aromatic N) is 5. The quantitative estimate of drug-likeness (QED) is 0.487. The molecule has 3 aromatic heterocycles. The van der Waals surface area contributed by atoms with E-state index in [0.29, 0.717) is 0 Å². The van der Waals surface area contributed by atoms with Gasteiger partial charge in [-0.15, -0.1) is 23.7 Å². The van der Waals surface area contributed by atoms with E-state index in [0.717, 1.165) is 66.3 Å². The summed E-state index contributed by atoms with van der Waals surface area (Å²) in [5.74, 6) is 1.03. The zero-order valence-corrected chi connectivity index (χ0v) is 19.0. The lowest BCUT2D eigenvalue weighted by atomic mass is 9.73. The number of aromatic nitrogens is 4. The van der Waals surface area contributed by atoms with E-state index < -0.39 is 0 Å². The number of hydrogen-bond acceptors (Lipinski definition) is 6. The number of anilines is 1. The van der Waals surface area contributed by atoms with Crippen LogP contribution in [0.3, 0.4) is 0 Å². The minimum absolute atomic E-state index is 0. The Labute approximate surface area is 191 Å². The molecule has 1 saturated heterocycles. The van der Waals surface area contributed by atoms with E-state index in [1.807, 2.05) is 22.3 Å². The van der Waals surface area contributed by atoms with Crippen LogP contribution < -0.4 is 10.6 Å². The Bertz CT molecular complexity index is 1230. The van der Waals surface area contributed by atoms with Gasteiger partial charge in [0.05, 0.1) is 34.8 Å². The summed E-state index contributed by atoms with van der Waals surface area (Å²) in [6, 6.07) is 12.5. The number of thiazole rings is 1. The van der Waals surface area contributed by atoms with Crippen LogP contribution in [0, 0.1) is 12.3 Å². The molecule has 31 heavy (non-hydrogen) atoms. The van der Waals surface area contributed by atoms with Crippen LogP contribution >= 0.6 is 23.7 Å². The van der Waals surface area contributed by atoms with Crippen LogP contribution in [0.2, 0.25) is 0 Å². The molecule has 4 heterocycles. The molecule has 0 amide bonds. The van der Waals surface area contributed by atoms with Gasteiger partial charge in [-0.05, 0) is 37.7 Å². The van der Waals surface area contributed by atoms with Gasteiger partial charge in [0, 0.05) is 23.5 Å². The van der Waals surface area contributed by atoms with Crippen molar-refractivity contribution in [3.05, 3.63) is 64.4 Å². The van der Waals surface area contributed by atoms with Gasteiger partial charge >= 0.3 is 0 Å². The van der Waals surface area contributed by atoms with Gasteiger partial charge in [-0.3, -0.25) is 0 Å². The molecule has 1 atom stereocenters. The van der Waals surface area contributed by atoms with Crippen molar-refractivity contribution in [2.75, 3.05) is 18.0 Å². The fourth-order valence-corrected chi connectivity index (χ4v) is 6.23. The van der Waals surface area contributed by atoms with Crippen LogP contribution in [0.4, 0.5) is 5.82 Å². The third-order valence-electron chi connectivity index (χ3n) is 6.95.